The minimum Gasteiger partial charge on any atom is -0.478 e. The molecule has 0 saturated heterocycles. The van der Waals surface area contributed by atoms with Crippen LogP contribution in [0, 0.1) is 12.8 Å². The smallest absolute Gasteiger partial charge is 0.287 e. The van der Waals surface area contributed by atoms with Crippen molar-refractivity contribution < 1.29 is 27.3 Å². The van der Waals surface area contributed by atoms with Gasteiger partial charge >= 0.3 is 0 Å². The molecule has 1 aromatic carbocycles. The summed E-state index contributed by atoms with van der Waals surface area (Å²) >= 11 is 0. The Hall–Kier alpha value is -2.88. The van der Waals surface area contributed by atoms with Crippen LogP contribution in [0.3, 0.4) is 0 Å². The topological polar surface area (TPSA) is 128 Å². The molecule has 10 heteroatoms. The van der Waals surface area contributed by atoms with Gasteiger partial charge in [-0.05, 0) is 24.5 Å². The molecule has 0 radical (unpaired) electrons. The molecule has 3 rings (SSSR count). The van der Waals surface area contributed by atoms with Crippen molar-refractivity contribution in [3.63, 3.8) is 0 Å². The monoisotopic (exact) mass is 407 g/mol. The Bertz CT molecular complexity index is 1040. The quantitative estimate of drug-likeness (QED) is 0.776. The van der Waals surface area contributed by atoms with Crippen molar-refractivity contribution in [1.82, 2.24) is 9.88 Å². The molecule has 28 heavy (non-hydrogen) atoms. The van der Waals surface area contributed by atoms with E-state index in [2.05, 4.69) is 10.5 Å². The first-order chi connectivity index (χ1) is 13.1. The van der Waals surface area contributed by atoms with Crippen LogP contribution < -0.4 is 14.8 Å². The Balaban J connectivity index is 1.91. The molecule has 2 amide bonds. The SMILES string of the molecule is CCc1cc(C(=O)NS(=O)(=O)c2cc3c(cc2C)NC(=O)[C@@H](C(C)C)O3)no1. The van der Waals surface area contributed by atoms with E-state index in [9.17, 15) is 18.0 Å². The molecular formula is C18H21N3O6S. The number of carbonyl (C=O) groups excluding carboxylic acids is 2. The van der Waals surface area contributed by atoms with E-state index in [1.807, 2.05) is 25.5 Å². The Morgan fingerprint density at radius 3 is 2.64 bits per heavy atom. The summed E-state index contributed by atoms with van der Waals surface area (Å²) in [5, 5.41) is 6.29. The summed E-state index contributed by atoms with van der Waals surface area (Å²) in [5.41, 5.74) is 0.605. The van der Waals surface area contributed by atoms with Gasteiger partial charge in [-0.1, -0.05) is 25.9 Å². The van der Waals surface area contributed by atoms with Gasteiger partial charge in [0.05, 0.1) is 10.6 Å². The number of amides is 2. The van der Waals surface area contributed by atoms with Gasteiger partial charge in [0.1, 0.15) is 11.5 Å². The highest BCUT2D eigenvalue weighted by atomic mass is 32.2. The Morgan fingerprint density at radius 1 is 1.32 bits per heavy atom. The maximum atomic E-state index is 12.7. The van der Waals surface area contributed by atoms with E-state index in [1.165, 1.54) is 18.2 Å². The molecular weight excluding hydrogens is 386 g/mol. The van der Waals surface area contributed by atoms with E-state index < -0.39 is 22.0 Å². The molecule has 0 aliphatic carbocycles. The third-order valence-electron chi connectivity index (χ3n) is 4.31. The molecule has 9 nitrogen and oxygen atoms in total. The average Bonchev–Trinajstić information content (AvgIpc) is 3.09. The normalized spacial score (nSPS) is 16.3. The lowest BCUT2D eigenvalue weighted by Gasteiger charge is -2.29. The zero-order valence-electron chi connectivity index (χ0n) is 15.9. The lowest BCUT2D eigenvalue weighted by molar-refractivity contribution is -0.125. The van der Waals surface area contributed by atoms with Crippen LogP contribution >= 0.6 is 0 Å². The number of anilines is 1. The first-order valence-electron chi connectivity index (χ1n) is 8.77. The number of sulfonamides is 1. The van der Waals surface area contributed by atoms with Crippen LogP contribution in [0.4, 0.5) is 5.69 Å². The predicted octanol–water partition coefficient (Wildman–Crippen LogP) is 2.02. The number of carbonyl (C=O) groups is 2. The zero-order valence-corrected chi connectivity index (χ0v) is 16.7. The molecule has 2 heterocycles. The van der Waals surface area contributed by atoms with Crippen LogP contribution in [0.5, 0.6) is 5.75 Å². The van der Waals surface area contributed by atoms with Gasteiger partial charge in [0.15, 0.2) is 11.8 Å². The van der Waals surface area contributed by atoms with E-state index in [1.54, 1.807) is 6.92 Å². The number of aromatic nitrogens is 1. The van der Waals surface area contributed by atoms with E-state index in [-0.39, 0.29) is 28.2 Å². The standard InChI is InChI=1S/C18H21N3O6S/c1-5-11-7-13(20-27-11)17(22)21-28(24,25)15-8-14-12(6-10(15)4)19-18(23)16(26-14)9(2)3/h6-9,16H,5H2,1-4H3,(H,19,23)(H,21,22)/t16-/m1/s1. The van der Waals surface area contributed by atoms with Gasteiger partial charge in [-0.2, -0.15) is 0 Å². The van der Waals surface area contributed by atoms with Gasteiger partial charge in [0.25, 0.3) is 21.8 Å². The summed E-state index contributed by atoms with van der Waals surface area (Å²) in [5.74, 6) is -0.588. The second kappa shape index (κ2) is 7.27. The minimum atomic E-state index is -4.19. The summed E-state index contributed by atoms with van der Waals surface area (Å²) in [4.78, 5) is 24.2. The summed E-state index contributed by atoms with van der Waals surface area (Å²) in [7, 11) is -4.19. The molecule has 1 aliphatic rings. The number of aryl methyl sites for hydroxylation is 2. The first-order valence-corrected chi connectivity index (χ1v) is 10.3. The number of nitrogens with one attached hydrogen (secondary N) is 2. The molecule has 0 spiro atoms. The summed E-state index contributed by atoms with van der Waals surface area (Å²) < 4.78 is 38.1. The summed E-state index contributed by atoms with van der Waals surface area (Å²) in [6.45, 7) is 7.03. The molecule has 1 aliphatic heterocycles. The number of hydrogen-bond donors (Lipinski definition) is 2. The van der Waals surface area contributed by atoms with Crippen molar-refractivity contribution in [2.45, 2.75) is 45.1 Å². The fourth-order valence-electron chi connectivity index (χ4n) is 2.80. The predicted molar refractivity (Wildman–Crippen MR) is 99.6 cm³/mol. The number of benzene rings is 1. The van der Waals surface area contributed by atoms with E-state index in [4.69, 9.17) is 9.26 Å². The van der Waals surface area contributed by atoms with E-state index in [0.29, 0.717) is 23.4 Å². The minimum absolute atomic E-state index is 0.103. The van der Waals surface area contributed by atoms with Crippen LogP contribution in [0.15, 0.2) is 27.6 Å². The van der Waals surface area contributed by atoms with Crippen LogP contribution in [-0.4, -0.2) is 31.5 Å². The van der Waals surface area contributed by atoms with Crippen LogP contribution in [0.25, 0.3) is 0 Å². The van der Waals surface area contributed by atoms with Gasteiger partial charge < -0.3 is 14.6 Å². The molecule has 1 atom stereocenters. The van der Waals surface area contributed by atoms with Crippen molar-refractivity contribution in [3.8, 4) is 5.75 Å². The fourth-order valence-corrected chi connectivity index (χ4v) is 4.01. The van der Waals surface area contributed by atoms with Crippen molar-refractivity contribution in [2.75, 3.05) is 5.32 Å². The lowest BCUT2D eigenvalue weighted by atomic mass is 10.0. The van der Waals surface area contributed by atoms with E-state index >= 15 is 0 Å². The first kappa shape index (κ1) is 19.9. The number of ether oxygens (including phenoxy) is 1. The number of nitrogens with zero attached hydrogens (tertiary/aromatic N) is 1. The Labute approximate surface area is 162 Å². The van der Waals surface area contributed by atoms with Crippen molar-refractivity contribution in [1.29, 1.82) is 0 Å². The molecule has 0 unspecified atom stereocenters. The molecule has 0 fully saturated rings. The van der Waals surface area contributed by atoms with Gasteiger partial charge in [0, 0.05) is 18.6 Å². The maximum absolute atomic E-state index is 12.7. The summed E-state index contributed by atoms with van der Waals surface area (Å²) in [6, 6.07) is 4.18. The highest BCUT2D eigenvalue weighted by Gasteiger charge is 2.32. The lowest BCUT2D eigenvalue weighted by Crippen LogP contribution is -2.40. The van der Waals surface area contributed by atoms with Crippen LogP contribution in [0.2, 0.25) is 0 Å². The second-order valence-corrected chi connectivity index (χ2v) is 8.50. The molecule has 150 valence electrons. The highest BCUT2D eigenvalue weighted by Crippen LogP contribution is 2.35. The third-order valence-corrected chi connectivity index (χ3v) is 5.78. The van der Waals surface area contributed by atoms with Crippen molar-refractivity contribution in [2.24, 2.45) is 5.92 Å². The highest BCUT2D eigenvalue weighted by molar-refractivity contribution is 7.90. The number of hydrogen-bond acceptors (Lipinski definition) is 7. The van der Waals surface area contributed by atoms with Gasteiger partial charge in [-0.3, -0.25) is 9.59 Å². The van der Waals surface area contributed by atoms with Crippen molar-refractivity contribution >= 4 is 27.5 Å². The van der Waals surface area contributed by atoms with Gasteiger partial charge in [0.2, 0.25) is 0 Å². The molecule has 0 saturated carbocycles. The van der Waals surface area contributed by atoms with E-state index in [0.717, 1.165) is 0 Å². The average molecular weight is 407 g/mol. The largest absolute Gasteiger partial charge is 0.478 e. The number of fused-ring (bicyclic) bond motifs is 1. The Kier molecular flexibility index (Phi) is 5.16. The number of rotatable bonds is 5. The van der Waals surface area contributed by atoms with Gasteiger partial charge in [-0.25, -0.2) is 13.1 Å². The summed E-state index contributed by atoms with van der Waals surface area (Å²) in [6.07, 6.45) is -0.209. The molecule has 1 aromatic heterocycles. The van der Waals surface area contributed by atoms with Crippen LogP contribution in [-0.2, 0) is 21.2 Å². The van der Waals surface area contributed by atoms with Gasteiger partial charge in [-0.15, -0.1) is 0 Å². The second-order valence-electron chi connectivity index (χ2n) is 6.85. The maximum Gasteiger partial charge on any atom is 0.287 e. The van der Waals surface area contributed by atoms with Crippen molar-refractivity contribution in [3.05, 3.63) is 35.2 Å². The third kappa shape index (κ3) is 3.72. The fraction of sp³-hybridized carbons (Fsp3) is 0.389. The molecule has 2 N–H and O–H groups in total. The molecule has 2 aromatic rings. The zero-order chi connectivity index (χ0) is 20.6. The van der Waals surface area contributed by atoms with Crippen LogP contribution in [0.1, 0.15) is 42.6 Å². The molecule has 0 bridgehead atoms. The Morgan fingerprint density at radius 2 is 2.04 bits per heavy atom.